The van der Waals surface area contributed by atoms with Crippen molar-refractivity contribution in [3.63, 3.8) is 0 Å². The lowest BCUT2D eigenvalue weighted by Crippen LogP contribution is -2.11. The van der Waals surface area contributed by atoms with Gasteiger partial charge in [0.05, 0.1) is 12.2 Å². The highest BCUT2D eigenvalue weighted by atomic mass is 31.2. The molecule has 104 valence electrons. The van der Waals surface area contributed by atoms with Crippen LogP contribution in [0.25, 0.3) is 0 Å². The van der Waals surface area contributed by atoms with Gasteiger partial charge >= 0.3 is 15.2 Å². The molecule has 0 radical (unpaired) electrons. The van der Waals surface area contributed by atoms with Crippen LogP contribution in [0.3, 0.4) is 0 Å². The molecule has 6 nitrogen and oxygen atoms in total. The third-order valence-electron chi connectivity index (χ3n) is 1.65. The van der Waals surface area contributed by atoms with Gasteiger partial charge in [-0.15, -0.1) is 0 Å². The molecule has 0 spiro atoms. The van der Waals surface area contributed by atoms with Gasteiger partial charge in [-0.25, -0.2) is 0 Å². The first-order valence-electron chi connectivity index (χ1n) is 5.33. The van der Waals surface area contributed by atoms with Gasteiger partial charge in [0.15, 0.2) is 5.90 Å². The number of hydrogen-bond acceptors (Lipinski definition) is 6. The smallest absolute Gasteiger partial charge is 0.311 e. The molecule has 0 fully saturated rings. The van der Waals surface area contributed by atoms with Crippen LogP contribution in [0, 0.1) is 0 Å². The Morgan fingerprint density at radius 3 is 1.41 bits per heavy atom. The normalized spacial score (nSPS) is 13.6. The second kappa shape index (κ2) is 7.03. The minimum absolute atomic E-state index is 0.304. The van der Waals surface area contributed by atoms with Gasteiger partial charge in [0.25, 0.3) is 0 Å². The third-order valence-corrected chi connectivity index (χ3v) is 7.02. The molecule has 0 aliphatic carbocycles. The molecule has 0 aliphatic heterocycles. The molecule has 0 atom stereocenters. The summed E-state index contributed by atoms with van der Waals surface area (Å²) in [7, 11) is -4.46. The molecule has 0 bridgehead atoms. The molecule has 0 unspecified atom stereocenters. The van der Waals surface area contributed by atoms with Gasteiger partial charge in [-0.1, -0.05) is 0 Å². The van der Waals surface area contributed by atoms with Gasteiger partial charge in [-0.3, -0.25) is 9.13 Å². The minimum Gasteiger partial charge on any atom is -0.311 e. The lowest BCUT2D eigenvalue weighted by atomic mass is 10.5. The summed E-state index contributed by atoms with van der Waals surface area (Å²) in [4.78, 5) is 0. The predicted octanol–water partition coefficient (Wildman–Crippen LogP) is 3.47. The molecule has 0 amide bonds. The second-order valence-electron chi connectivity index (χ2n) is 4.04. The largest absolute Gasteiger partial charge is 0.343 e. The standard InChI is InChI=1S/C9H22O6P2/c1-8(2)14-17(11,15-9(3)4)7-16(10,12-5)13-6/h8-9H,7H2,1-6H3. The summed E-state index contributed by atoms with van der Waals surface area (Å²) < 4.78 is 44.3. The Morgan fingerprint density at radius 2 is 1.18 bits per heavy atom. The van der Waals surface area contributed by atoms with E-state index in [1.807, 2.05) is 0 Å². The molecule has 17 heavy (non-hydrogen) atoms. The minimum atomic E-state index is -3.50. The highest BCUT2D eigenvalue weighted by Crippen LogP contribution is 2.64. The van der Waals surface area contributed by atoms with Crippen LogP contribution in [-0.4, -0.2) is 32.3 Å². The van der Waals surface area contributed by atoms with Crippen molar-refractivity contribution in [1.82, 2.24) is 0 Å². The van der Waals surface area contributed by atoms with Gasteiger partial charge in [-0.05, 0) is 27.7 Å². The van der Waals surface area contributed by atoms with Crippen LogP contribution in [0.2, 0.25) is 0 Å². The second-order valence-corrected chi connectivity index (χ2v) is 8.76. The molecule has 8 heteroatoms. The first-order chi connectivity index (χ1) is 7.66. The monoisotopic (exact) mass is 288 g/mol. The fraction of sp³-hybridized carbons (Fsp3) is 1.00. The molecular formula is C9H22O6P2. The van der Waals surface area contributed by atoms with E-state index in [0.717, 1.165) is 0 Å². The highest BCUT2D eigenvalue weighted by molar-refractivity contribution is 7.71. The molecule has 0 saturated carbocycles. The van der Waals surface area contributed by atoms with Gasteiger partial charge in [0.1, 0.15) is 0 Å². The van der Waals surface area contributed by atoms with Crippen LogP contribution in [0.15, 0.2) is 0 Å². The molecule has 0 N–H and O–H groups in total. The van der Waals surface area contributed by atoms with Crippen molar-refractivity contribution in [2.24, 2.45) is 0 Å². The average Bonchev–Trinajstić information content (AvgIpc) is 2.14. The average molecular weight is 288 g/mol. The van der Waals surface area contributed by atoms with E-state index in [-0.39, 0.29) is 18.1 Å². The van der Waals surface area contributed by atoms with Crippen molar-refractivity contribution >= 4 is 15.2 Å². The summed E-state index contributed by atoms with van der Waals surface area (Å²) in [6.07, 6.45) is -0.608. The van der Waals surface area contributed by atoms with Crippen molar-refractivity contribution in [1.29, 1.82) is 0 Å². The first-order valence-corrected chi connectivity index (χ1v) is 8.78. The summed E-state index contributed by atoms with van der Waals surface area (Å²) in [5.41, 5.74) is 0. The third kappa shape index (κ3) is 6.70. The van der Waals surface area contributed by atoms with Crippen molar-refractivity contribution in [3.8, 4) is 0 Å². The Hall–Kier alpha value is 0.300. The summed E-state index contributed by atoms with van der Waals surface area (Å²) in [6, 6.07) is 0. The van der Waals surface area contributed by atoms with Gasteiger partial charge in [-0.2, -0.15) is 0 Å². The van der Waals surface area contributed by atoms with Crippen molar-refractivity contribution in [3.05, 3.63) is 0 Å². The number of rotatable bonds is 8. The fourth-order valence-corrected chi connectivity index (χ4v) is 5.77. The Bertz CT molecular complexity index is 293. The SMILES string of the molecule is COP(=O)(CP(=O)(OC(C)C)OC(C)C)OC. The van der Waals surface area contributed by atoms with E-state index < -0.39 is 15.2 Å². The lowest BCUT2D eigenvalue weighted by molar-refractivity contribution is 0.143. The maximum Gasteiger partial charge on any atom is 0.343 e. The Morgan fingerprint density at radius 1 is 0.824 bits per heavy atom. The van der Waals surface area contributed by atoms with Crippen LogP contribution < -0.4 is 0 Å². The lowest BCUT2D eigenvalue weighted by Gasteiger charge is -2.25. The molecule has 0 saturated heterocycles. The summed E-state index contributed by atoms with van der Waals surface area (Å²) in [5, 5.41) is 0. The molecule has 0 aliphatic rings. The Kier molecular flexibility index (Phi) is 7.15. The molecule has 0 heterocycles. The van der Waals surface area contributed by atoms with Crippen LogP contribution >= 0.6 is 15.2 Å². The zero-order valence-electron chi connectivity index (χ0n) is 11.2. The molecule has 0 aromatic carbocycles. The van der Waals surface area contributed by atoms with Crippen LogP contribution in [0.1, 0.15) is 27.7 Å². The van der Waals surface area contributed by atoms with Gasteiger partial charge in [0, 0.05) is 14.2 Å². The van der Waals surface area contributed by atoms with E-state index in [1.165, 1.54) is 14.2 Å². The van der Waals surface area contributed by atoms with Crippen molar-refractivity contribution < 1.29 is 27.2 Å². The zero-order chi connectivity index (χ0) is 13.7. The Balaban J connectivity index is 4.93. The van der Waals surface area contributed by atoms with E-state index in [9.17, 15) is 9.13 Å². The molecule has 0 aromatic heterocycles. The molecule has 0 rings (SSSR count). The van der Waals surface area contributed by atoms with E-state index >= 15 is 0 Å². The summed E-state index contributed by atoms with van der Waals surface area (Å²) in [5.74, 6) is -0.386. The van der Waals surface area contributed by atoms with Crippen molar-refractivity contribution in [2.75, 3.05) is 20.1 Å². The maximum absolute atomic E-state index is 12.4. The summed E-state index contributed by atoms with van der Waals surface area (Å²) in [6.45, 7) is 6.89. The topological polar surface area (TPSA) is 71.1 Å². The van der Waals surface area contributed by atoms with E-state index in [1.54, 1.807) is 27.7 Å². The zero-order valence-corrected chi connectivity index (χ0v) is 13.0. The van der Waals surface area contributed by atoms with Crippen LogP contribution in [-0.2, 0) is 27.2 Å². The van der Waals surface area contributed by atoms with Gasteiger partial charge in [0.2, 0.25) is 0 Å². The van der Waals surface area contributed by atoms with E-state index in [0.29, 0.717) is 0 Å². The molecule has 0 aromatic rings. The fourth-order valence-electron chi connectivity index (χ4n) is 1.14. The van der Waals surface area contributed by atoms with Crippen molar-refractivity contribution in [2.45, 2.75) is 39.9 Å². The predicted molar refractivity (Wildman–Crippen MR) is 66.5 cm³/mol. The summed E-state index contributed by atoms with van der Waals surface area (Å²) >= 11 is 0. The van der Waals surface area contributed by atoms with Gasteiger partial charge < -0.3 is 18.1 Å². The van der Waals surface area contributed by atoms with Crippen LogP contribution in [0.5, 0.6) is 0 Å². The first kappa shape index (κ1) is 17.3. The molecular weight excluding hydrogens is 266 g/mol. The quantitative estimate of drug-likeness (QED) is 0.637. The maximum atomic E-state index is 12.4. The van der Waals surface area contributed by atoms with E-state index in [4.69, 9.17) is 18.1 Å². The van der Waals surface area contributed by atoms with Crippen LogP contribution in [0.4, 0.5) is 0 Å². The highest BCUT2D eigenvalue weighted by Gasteiger charge is 2.38. The van der Waals surface area contributed by atoms with E-state index in [2.05, 4.69) is 0 Å². The number of hydrogen-bond donors (Lipinski definition) is 0. The Labute approximate surface area is 103 Å².